The van der Waals surface area contributed by atoms with Gasteiger partial charge in [0, 0.05) is 37.0 Å². The fourth-order valence-corrected chi connectivity index (χ4v) is 4.05. The summed E-state index contributed by atoms with van der Waals surface area (Å²) in [5.41, 5.74) is 1.97. The molecule has 0 fully saturated rings. The molecule has 3 rings (SSSR count). The first kappa shape index (κ1) is 20.2. The van der Waals surface area contributed by atoms with Crippen LogP contribution in [0.25, 0.3) is 0 Å². The molecule has 0 aliphatic heterocycles. The second kappa shape index (κ2) is 8.62. The maximum atomic E-state index is 13.7. The molecule has 28 heavy (non-hydrogen) atoms. The topological polar surface area (TPSA) is 64.0 Å². The Kier molecular flexibility index (Phi) is 6.21. The maximum Gasteiger partial charge on any atom is 0.215 e. The van der Waals surface area contributed by atoms with Gasteiger partial charge in [-0.15, -0.1) is 0 Å². The largest absolute Gasteiger partial charge is 0.328 e. The zero-order valence-electron chi connectivity index (χ0n) is 15.4. The van der Waals surface area contributed by atoms with E-state index in [4.69, 9.17) is 0 Å². The highest BCUT2D eigenvalue weighted by Gasteiger charge is 2.15. The lowest BCUT2D eigenvalue weighted by Crippen LogP contribution is -2.28. The quantitative estimate of drug-likeness (QED) is 0.626. The van der Waals surface area contributed by atoms with Crippen molar-refractivity contribution >= 4 is 10.0 Å². The van der Waals surface area contributed by atoms with Crippen LogP contribution in [0.15, 0.2) is 54.7 Å². The van der Waals surface area contributed by atoms with Crippen molar-refractivity contribution in [3.8, 4) is 0 Å². The molecule has 1 heterocycles. The molecule has 1 aromatic heterocycles. The van der Waals surface area contributed by atoms with E-state index in [-0.39, 0.29) is 17.9 Å². The van der Waals surface area contributed by atoms with Crippen LogP contribution in [0.2, 0.25) is 0 Å². The standard InChI is InChI=1S/C20H21F2N3O2S/c1-15-12-23-20(25(15)13-16-6-8-18(21)9-7-16)10-11-24-28(26,27)14-17-4-2-3-5-19(17)22/h2-9,12,24H,10-11,13-14H2,1H3. The third-order valence-electron chi connectivity index (χ3n) is 4.37. The summed E-state index contributed by atoms with van der Waals surface area (Å²) in [4.78, 5) is 4.34. The third kappa shape index (κ3) is 5.24. The van der Waals surface area contributed by atoms with E-state index < -0.39 is 21.6 Å². The lowest BCUT2D eigenvalue weighted by atomic mass is 10.2. The van der Waals surface area contributed by atoms with E-state index in [1.165, 1.54) is 30.3 Å². The van der Waals surface area contributed by atoms with Crippen molar-refractivity contribution in [3.63, 3.8) is 0 Å². The molecule has 0 amide bonds. The smallest absolute Gasteiger partial charge is 0.215 e. The fraction of sp³-hybridized carbons (Fsp3) is 0.250. The molecule has 0 spiro atoms. The summed E-state index contributed by atoms with van der Waals surface area (Å²) in [5, 5.41) is 0. The number of benzene rings is 2. The van der Waals surface area contributed by atoms with E-state index in [9.17, 15) is 17.2 Å². The van der Waals surface area contributed by atoms with Gasteiger partial charge in [0.15, 0.2) is 0 Å². The number of nitrogens with one attached hydrogen (secondary N) is 1. The SMILES string of the molecule is Cc1cnc(CCNS(=O)(=O)Cc2ccccc2F)n1Cc1ccc(F)cc1. The van der Waals surface area contributed by atoms with Gasteiger partial charge in [0.05, 0.1) is 5.75 Å². The summed E-state index contributed by atoms with van der Waals surface area (Å²) >= 11 is 0. The first-order chi connectivity index (χ1) is 13.3. The maximum absolute atomic E-state index is 13.7. The summed E-state index contributed by atoms with van der Waals surface area (Å²) in [6.07, 6.45) is 2.10. The van der Waals surface area contributed by atoms with E-state index in [2.05, 4.69) is 9.71 Å². The first-order valence-electron chi connectivity index (χ1n) is 8.80. The van der Waals surface area contributed by atoms with E-state index in [0.29, 0.717) is 13.0 Å². The average Bonchev–Trinajstić information content (AvgIpc) is 2.99. The first-order valence-corrected chi connectivity index (χ1v) is 10.5. The van der Waals surface area contributed by atoms with Crippen LogP contribution in [0.1, 0.15) is 22.6 Å². The summed E-state index contributed by atoms with van der Waals surface area (Å²) in [7, 11) is -3.67. The molecule has 0 aliphatic carbocycles. The highest BCUT2D eigenvalue weighted by Crippen LogP contribution is 2.12. The fourth-order valence-electron chi connectivity index (χ4n) is 2.89. The number of aromatic nitrogens is 2. The lowest BCUT2D eigenvalue weighted by molar-refractivity contribution is 0.572. The zero-order valence-corrected chi connectivity index (χ0v) is 16.2. The van der Waals surface area contributed by atoms with Crippen molar-refractivity contribution in [1.82, 2.24) is 14.3 Å². The number of hydrogen-bond donors (Lipinski definition) is 1. The molecule has 0 atom stereocenters. The van der Waals surface area contributed by atoms with Crippen molar-refractivity contribution in [1.29, 1.82) is 0 Å². The number of nitrogens with zero attached hydrogens (tertiary/aromatic N) is 2. The van der Waals surface area contributed by atoms with Crippen molar-refractivity contribution in [3.05, 3.63) is 89.0 Å². The van der Waals surface area contributed by atoms with Crippen molar-refractivity contribution < 1.29 is 17.2 Å². The molecular weight excluding hydrogens is 384 g/mol. The van der Waals surface area contributed by atoms with Gasteiger partial charge >= 0.3 is 0 Å². The second-order valence-corrected chi connectivity index (χ2v) is 8.33. The number of imidazole rings is 1. The summed E-state index contributed by atoms with van der Waals surface area (Å²) < 4.78 is 55.6. The van der Waals surface area contributed by atoms with Crippen molar-refractivity contribution in [2.45, 2.75) is 25.6 Å². The molecule has 3 aromatic rings. The minimum Gasteiger partial charge on any atom is -0.328 e. The Labute approximate surface area is 163 Å². The van der Waals surface area contributed by atoms with Gasteiger partial charge in [0.1, 0.15) is 17.5 Å². The van der Waals surface area contributed by atoms with Crippen LogP contribution < -0.4 is 4.72 Å². The van der Waals surface area contributed by atoms with Gasteiger partial charge in [-0.05, 0) is 30.7 Å². The van der Waals surface area contributed by atoms with Crippen molar-refractivity contribution in [2.24, 2.45) is 0 Å². The van der Waals surface area contributed by atoms with Gasteiger partial charge in [-0.3, -0.25) is 0 Å². The van der Waals surface area contributed by atoms with E-state index >= 15 is 0 Å². The number of halogens is 2. The molecule has 0 saturated heterocycles. The Morgan fingerprint density at radius 3 is 2.50 bits per heavy atom. The number of hydrogen-bond acceptors (Lipinski definition) is 3. The van der Waals surface area contributed by atoms with Gasteiger partial charge in [0.2, 0.25) is 10.0 Å². The molecule has 1 N–H and O–H groups in total. The molecule has 0 unspecified atom stereocenters. The molecule has 0 saturated carbocycles. The van der Waals surface area contributed by atoms with Crippen LogP contribution in [0.4, 0.5) is 8.78 Å². The van der Waals surface area contributed by atoms with Crippen LogP contribution >= 0.6 is 0 Å². The predicted molar refractivity (Wildman–Crippen MR) is 103 cm³/mol. The van der Waals surface area contributed by atoms with E-state index in [1.807, 2.05) is 11.5 Å². The number of sulfonamides is 1. The second-order valence-electron chi connectivity index (χ2n) is 6.52. The van der Waals surface area contributed by atoms with Gasteiger partial charge in [-0.2, -0.15) is 0 Å². The monoisotopic (exact) mass is 405 g/mol. The van der Waals surface area contributed by atoms with Crippen LogP contribution in [-0.4, -0.2) is 24.5 Å². The van der Waals surface area contributed by atoms with Gasteiger partial charge in [0.25, 0.3) is 0 Å². The van der Waals surface area contributed by atoms with Crippen LogP contribution in [-0.2, 0) is 28.7 Å². The molecule has 2 aromatic carbocycles. The van der Waals surface area contributed by atoms with Crippen LogP contribution in [0.3, 0.4) is 0 Å². The Hall–Kier alpha value is -2.58. The molecule has 5 nitrogen and oxygen atoms in total. The Morgan fingerprint density at radius 2 is 1.79 bits per heavy atom. The van der Waals surface area contributed by atoms with Gasteiger partial charge in [-0.25, -0.2) is 26.9 Å². The molecule has 0 radical (unpaired) electrons. The highest BCUT2D eigenvalue weighted by molar-refractivity contribution is 7.88. The lowest BCUT2D eigenvalue weighted by Gasteiger charge is -2.11. The number of rotatable bonds is 8. The minimum atomic E-state index is -3.67. The molecule has 0 aliphatic rings. The van der Waals surface area contributed by atoms with Crippen molar-refractivity contribution in [2.75, 3.05) is 6.54 Å². The minimum absolute atomic E-state index is 0.128. The van der Waals surface area contributed by atoms with Gasteiger partial charge in [-0.1, -0.05) is 30.3 Å². The van der Waals surface area contributed by atoms with Crippen LogP contribution in [0, 0.1) is 18.6 Å². The summed E-state index contributed by atoms with van der Waals surface area (Å²) in [6.45, 7) is 2.57. The molecule has 0 bridgehead atoms. The molecule has 8 heteroatoms. The number of aryl methyl sites for hydroxylation is 1. The third-order valence-corrected chi connectivity index (χ3v) is 5.70. The average molecular weight is 405 g/mol. The zero-order chi connectivity index (χ0) is 20.1. The summed E-state index contributed by atoms with van der Waals surface area (Å²) in [6, 6.07) is 12.0. The van der Waals surface area contributed by atoms with Gasteiger partial charge < -0.3 is 4.57 Å². The Morgan fingerprint density at radius 1 is 1.07 bits per heavy atom. The summed E-state index contributed by atoms with van der Waals surface area (Å²) in [5.74, 6) is -0.535. The molecule has 148 valence electrons. The Bertz CT molecular complexity index is 1050. The normalized spacial score (nSPS) is 11.7. The van der Waals surface area contributed by atoms with E-state index in [1.54, 1.807) is 24.4 Å². The Balaban J connectivity index is 1.62. The highest BCUT2D eigenvalue weighted by atomic mass is 32.2. The van der Waals surface area contributed by atoms with Crippen LogP contribution in [0.5, 0.6) is 0 Å². The predicted octanol–water partition coefficient (Wildman–Crippen LogP) is 3.18. The van der Waals surface area contributed by atoms with E-state index in [0.717, 1.165) is 17.1 Å². The molecular formula is C20H21F2N3O2S.